The van der Waals surface area contributed by atoms with Crippen LogP contribution in [-0.2, 0) is 4.79 Å². The van der Waals surface area contributed by atoms with E-state index >= 15 is 0 Å². The number of rotatable bonds is 5. The van der Waals surface area contributed by atoms with Crippen LogP contribution in [0.15, 0.2) is 36.4 Å². The van der Waals surface area contributed by atoms with Crippen LogP contribution in [-0.4, -0.2) is 11.0 Å². The van der Waals surface area contributed by atoms with Crippen LogP contribution in [0.3, 0.4) is 0 Å². The predicted molar refractivity (Wildman–Crippen MR) is 96.4 cm³/mol. The van der Waals surface area contributed by atoms with Gasteiger partial charge in [-0.2, -0.15) is 0 Å². The van der Waals surface area contributed by atoms with Gasteiger partial charge in [0.1, 0.15) is 16.5 Å². The van der Waals surface area contributed by atoms with E-state index in [9.17, 15) is 9.18 Å². The number of aromatic nitrogens is 1. The van der Waals surface area contributed by atoms with Gasteiger partial charge >= 0.3 is 5.97 Å². The fourth-order valence-corrected chi connectivity index (χ4v) is 4.09. The normalized spacial score (nSPS) is 10.8. The number of thiophene rings is 1. The average Bonchev–Trinajstić information content (AvgIpc) is 3.14. The minimum atomic E-state index is -0.310. The lowest BCUT2D eigenvalue weighted by Gasteiger charge is -2.01. The number of nitrogens with zero attached hydrogens (tertiary/aromatic N) is 1. The van der Waals surface area contributed by atoms with Gasteiger partial charge in [0, 0.05) is 12.0 Å². The highest BCUT2D eigenvalue weighted by Crippen LogP contribution is 2.43. The topological polar surface area (TPSA) is 39.2 Å². The van der Waals surface area contributed by atoms with Gasteiger partial charge in [0.15, 0.2) is 0 Å². The van der Waals surface area contributed by atoms with Crippen molar-refractivity contribution >= 4 is 40.2 Å². The van der Waals surface area contributed by atoms with E-state index < -0.39 is 0 Å². The molecule has 3 rings (SSSR count). The van der Waals surface area contributed by atoms with Gasteiger partial charge in [0.25, 0.3) is 0 Å². The molecule has 0 aliphatic rings. The van der Waals surface area contributed by atoms with E-state index in [1.807, 2.05) is 13.0 Å². The van der Waals surface area contributed by atoms with Crippen LogP contribution in [0.1, 0.15) is 19.8 Å². The van der Waals surface area contributed by atoms with Gasteiger partial charge in [-0.05, 0) is 42.8 Å². The smallest absolute Gasteiger partial charge is 0.312 e. The minimum absolute atomic E-state index is 0.296. The van der Waals surface area contributed by atoms with E-state index in [2.05, 4.69) is 4.98 Å². The van der Waals surface area contributed by atoms with Crippen LogP contribution < -0.4 is 4.74 Å². The zero-order valence-electron chi connectivity index (χ0n) is 12.7. The lowest BCUT2D eigenvalue weighted by atomic mass is 10.2. The summed E-state index contributed by atoms with van der Waals surface area (Å²) in [4.78, 5) is 17.3. The molecular formula is C17H13ClFNO2S2. The van der Waals surface area contributed by atoms with Crippen molar-refractivity contribution in [2.75, 3.05) is 0 Å². The lowest BCUT2D eigenvalue weighted by Crippen LogP contribution is -2.06. The number of esters is 1. The van der Waals surface area contributed by atoms with E-state index in [1.165, 1.54) is 34.8 Å². The molecule has 0 atom stereocenters. The second-order valence-electron chi connectivity index (χ2n) is 4.99. The zero-order valence-corrected chi connectivity index (χ0v) is 15.1. The molecule has 0 bridgehead atoms. The first kappa shape index (κ1) is 17.1. The molecule has 0 aliphatic carbocycles. The molecular weight excluding hydrogens is 369 g/mol. The number of thiazole rings is 1. The third-order valence-electron chi connectivity index (χ3n) is 3.15. The highest BCUT2D eigenvalue weighted by Gasteiger charge is 2.19. The Bertz CT molecular complexity index is 858. The molecule has 0 spiro atoms. The van der Waals surface area contributed by atoms with Gasteiger partial charge in [-0.3, -0.25) is 4.79 Å². The zero-order chi connectivity index (χ0) is 17.1. The van der Waals surface area contributed by atoms with Crippen molar-refractivity contribution in [1.29, 1.82) is 0 Å². The molecule has 0 saturated carbocycles. The first-order chi connectivity index (χ1) is 11.6. The Kier molecular flexibility index (Phi) is 5.28. The van der Waals surface area contributed by atoms with Crippen LogP contribution in [0, 0.1) is 5.82 Å². The van der Waals surface area contributed by atoms with Gasteiger partial charge in [-0.25, -0.2) is 9.37 Å². The van der Waals surface area contributed by atoms with Gasteiger partial charge in [0.05, 0.1) is 9.21 Å². The molecule has 24 heavy (non-hydrogen) atoms. The summed E-state index contributed by atoms with van der Waals surface area (Å²) in [6, 6.07) is 9.67. The lowest BCUT2D eigenvalue weighted by molar-refractivity contribution is -0.134. The summed E-state index contributed by atoms with van der Waals surface area (Å²) in [6.45, 7) is 1.91. The van der Waals surface area contributed by atoms with Crippen molar-refractivity contribution in [3.05, 3.63) is 46.6 Å². The summed E-state index contributed by atoms with van der Waals surface area (Å²) in [5, 5.41) is 1.10. The fourth-order valence-electron chi connectivity index (χ4n) is 2.05. The van der Waals surface area contributed by atoms with Gasteiger partial charge in [-0.15, -0.1) is 11.3 Å². The van der Waals surface area contributed by atoms with Crippen molar-refractivity contribution < 1.29 is 13.9 Å². The average molecular weight is 382 g/mol. The summed E-state index contributed by atoms with van der Waals surface area (Å²) in [5.74, 6) is -0.606. The van der Waals surface area contributed by atoms with E-state index in [0.717, 1.165) is 10.4 Å². The highest BCUT2D eigenvalue weighted by molar-refractivity contribution is 7.20. The standard InChI is InChI=1S/C17H13ClFNO2S2/c1-2-3-14(21)22-17-15(12-8-9-13(18)23-12)20-16(24-17)10-4-6-11(19)7-5-10/h4-9H,2-3H2,1H3. The summed E-state index contributed by atoms with van der Waals surface area (Å²) in [6.07, 6.45) is 1.05. The number of carbonyl (C=O) groups excluding carboxylic acids is 1. The number of hydrogen-bond acceptors (Lipinski definition) is 5. The molecule has 0 N–H and O–H groups in total. The third-order valence-corrected chi connectivity index (χ3v) is 5.37. The second-order valence-corrected chi connectivity index (χ2v) is 7.67. The first-order valence-electron chi connectivity index (χ1n) is 7.30. The Morgan fingerprint density at radius 1 is 1.21 bits per heavy atom. The van der Waals surface area contributed by atoms with Gasteiger partial charge in [-0.1, -0.05) is 29.9 Å². The van der Waals surface area contributed by atoms with E-state index in [4.69, 9.17) is 16.3 Å². The van der Waals surface area contributed by atoms with Crippen LogP contribution in [0.25, 0.3) is 21.1 Å². The fraction of sp³-hybridized carbons (Fsp3) is 0.176. The Morgan fingerprint density at radius 3 is 2.58 bits per heavy atom. The molecule has 7 heteroatoms. The van der Waals surface area contributed by atoms with Crippen LogP contribution in [0.4, 0.5) is 4.39 Å². The third kappa shape index (κ3) is 3.83. The first-order valence-corrected chi connectivity index (χ1v) is 9.31. The molecule has 0 amide bonds. The molecule has 0 fully saturated rings. The van der Waals surface area contributed by atoms with E-state index in [-0.39, 0.29) is 11.8 Å². The molecule has 2 heterocycles. The predicted octanol–water partition coefficient (Wildman–Crippen LogP) is 6.04. The van der Waals surface area contributed by atoms with Crippen molar-refractivity contribution in [2.24, 2.45) is 0 Å². The Morgan fingerprint density at radius 2 is 1.96 bits per heavy atom. The summed E-state index contributed by atoms with van der Waals surface area (Å²) in [7, 11) is 0. The molecule has 0 saturated heterocycles. The second kappa shape index (κ2) is 7.42. The Balaban J connectivity index is 2.01. The molecule has 124 valence electrons. The number of carbonyl (C=O) groups is 1. The molecule has 2 aromatic heterocycles. The SMILES string of the molecule is CCCC(=O)Oc1sc(-c2ccc(F)cc2)nc1-c1ccc(Cl)s1. The van der Waals surface area contributed by atoms with E-state index in [1.54, 1.807) is 18.2 Å². The molecule has 3 aromatic rings. The van der Waals surface area contributed by atoms with Gasteiger partial charge < -0.3 is 4.74 Å². The molecule has 0 unspecified atom stereocenters. The maximum atomic E-state index is 13.1. The monoisotopic (exact) mass is 381 g/mol. The maximum absolute atomic E-state index is 13.1. The van der Waals surface area contributed by atoms with Crippen LogP contribution >= 0.6 is 34.3 Å². The molecule has 3 nitrogen and oxygen atoms in total. The maximum Gasteiger partial charge on any atom is 0.312 e. The number of halogens is 2. The molecule has 1 aromatic carbocycles. The minimum Gasteiger partial charge on any atom is -0.413 e. The van der Waals surface area contributed by atoms with Crippen molar-refractivity contribution in [2.45, 2.75) is 19.8 Å². The van der Waals surface area contributed by atoms with Crippen molar-refractivity contribution in [3.8, 4) is 26.2 Å². The van der Waals surface area contributed by atoms with Crippen molar-refractivity contribution in [3.63, 3.8) is 0 Å². The Hall–Kier alpha value is -1.76. The molecule has 0 radical (unpaired) electrons. The number of hydrogen-bond donors (Lipinski definition) is 0. The molecule has 0 aliphatic heterocycles. The summed E-state index contributed by atoms with van der Waals surface area (Å²) >= 11 is 8.63. The number of benzene rings is 1. The van der Waals surface area contributed by atoms with E-state index in [0.29, 0.717) is 32.9 Å². The van der Waals surface area contributed by atoms with Gasteiger partial charge in [0.2, 0.25) is 5.06 Å². The van der Waals surface area contributed by atoms with Crippen molar-refractivity contribution in [1.82, 2.24) is 4.98 Å². The number of ether oxygens (including phenoxy) is 1. The quantitative estimate of drug-likeness (QED) is 0.506. The summed E-state index contributed by atoms with van der Waals surface area (Å²) in [5.41, 5.74) is 1.35. The Labute approximate surface area is 151 Å². The highest BCUT2D eigenvalue weighted by atomic mass is 35.5. The summed E-state index contributed by atoms with van der Waals surface area (Å²) < 4.78 is 19.2. The van der Waals surface area contributed by atoms with Crippen LogP contribution in [0.2, 0.25) is 4.34 Å². The van der Waals surface area contributed by atoms with Crippen LogP contribution in [0.5, 0.6) is 5.06 Å². The largest absolute Gasteiger partial charge is 0.413 e.